The first-order valence-electron chi connectivity index (χ1n) is 17.4. The average molecular weight is 603 g/mol. The molecule has 0 spiro atoms. The summed E-state index contributed by atoms with van der Waals surface area (Å²) in [6, 6.07) is 7.69. The third-order valence-corrected chi connectivity index (χ3v) is 14.8. The van der Waals surface area contributed by atoms with Gasteiger partial charge in [0, 0.05) is 16.9 Å². The number of esters is 1. The van der Waals surface area contributed by atoms with E-state index in [1.54, 1.807) is 18.8 Å². The molecule has 1 aromatic carbocycles. The Morgan fingerprint density at radius 2 is 1.59 bits per heavy atom. The van der Waals surface area contributed by atoms with Gasteiger partial charge in [0.2, 0.25) is 0 Å². The van der Waals surface area contributed by atoms with Gasteiger partial charge >= 0.3 is 5.97 Å². The predicted octanol–water partition coefficient (Wildman–Crippen LogP) is 9.41. The van der Waals surface area contributed by atoms with Crippen LogP contribution < -0.4 is 4.74 Å². The Labute approximate surface area is 267 Å². The highest BCUT2D eigenvalue weighted by Crippen LogP contribution is 2.75. The number of hydrogen-bond donors (Lipinski definition) is 1. The number of aliphatic hydroxyl groups is 1. The van der Waals surface area contributed by atoms with Crippen LogP contribution in [-0.2, 0) is 9.53 Å². The molecule has 0 saturated heterocycles. The molecule has 5 aliphatic rings. The summed E-state index contributed by atoms with van der Waals surface area (Å²) >= 11 is 0. The number of benzene rings is 1. The molecule has 1 aromatic rings. The lowest BCUT2D eigenvalue weighted by Crippen LogP contribution is -2.67. The van der Waals surface area contributed by atoms with Gasteiger partial charge in [-0.3, -0.25) is 0 Å². The van der Waals surface area contributed by atoms with Crippen LogP contribution >= 0.6 is 0 Å². The Morgan fingerprint density at radius 1 is 0.886 bits per heavy atom. The predicted molar refractivity (Wildman–Crippen MR) is 178 cm³/mol. The van der Waals surface area contributed by atoms with E-state index in [9.17, 15) is 9.90 Å². The van der Waals surface area contributed by atoms with Gasteiger partial charge in [-0.05, 0) is 121 Å². The number of carbonyl (C=O) groups is 1. The maximum absolute atomic E-state index is 13.1. The van der Waals surface area contributed by atoms with E-state index in [0.717, 1.165) is 49.8 Å². The third kappa shape index (κ3) is 4.66. The molecule has 4 saturated carbocycles. The molecule has 5 aliphatic carbocycles. The summed E-state index contributed by atoms with van der Waals surface area (Å²) in [4.78, 5) is 13.1. The zero-order chi connectivity index (χ0) is 31.9. The van der Waals surface area contributed by atoms with Crippen molar-refractivity contribution in [3.8, 4) is 5.75 Å². The SMILES string of the molecule is COc1ccc(C=CC(=O)OC2CCC3(C)C(CCC4(C)C3CC=C3C5CC(C)(C)CCC5(C)CC(O)C34C)C2(C)C)cc1. The molecule has 1 N–H and O–H groups in total. The molecule has 0 heterocycles. The maximum atomic E-state index is 13.1. The fraction of sp³-hybridized carbons (Fsp3) is 0.725. The van der Waals surface area contributed by atoms with Crippen LogP contribution in [0.2, 0.25) is 0 Å². The lowest BCUT2D eigenvalue weighted by Gasteiger charge is -2.72. The molecule has 9 atom stereocenters. The van der Waals surface area contributed by atoms with Crippen molar-refractivity contribution >= 4 is 12.0 Å². The van der Waals surface area contributed by atoms with Crippen molar-refractivity contribution in [2.24, 2.45) is 50.2 Å². The van der Waals surface area contributed by atoms with Gasteiger partial charge in [0.25, 0.3) is 0 Å². The van der Waals surface area contributed by atoms with Crippen molar-refractivity contribution in [2.75, 3.05) is 7.11 Å². The van der Waals surface area contributed by atoms with Gasteiger partial charge in [-0.1, -0.05) is 79.2 Å². The van der Waals surface area contributed by atoms with Crippen molar-refractivity contribution < 1.29 is 19.4 Å². The van der Waals surface area contributed by atoms with E-state index in [2.05, 4.69) is 61.5 Å². The van der Waals surface area contributed by atoms with E-state index in [-0.39, 0.29) is 45.3 Å². The van der Waals surface area contributed by atoms with Crippen LogP contribution in [0.5, 0.6) is 5.75 Å². The number of methoxy groups -OCH3 is 1. The summed E-state index contributed by atoms with van der Waals surface area (Å²) in [5.41, 5.74) is 2.97. The average Bonchev–Trinajstić information content (AvgIpc) is 2.95. The molecule has 0 radical (unpaired) electrons. The summed E-state index contributed by atoms with van der Waals surface area (Å²) in [5, 5.41) is 12.2. The Morgan fingerprint density at radius 3 is 2.27 bits per heavy atom. The van der Waals surface area contributed by atoms with Gasteiger partial charge in [0.15, 0.2) is 0 Å². The van der Waals surface area contributed by atoms with Crippen LogP contribution in [0.25, 0.3) is 6.08 Å². The van der Waals surface area contributed by atoms with E-state index in [0.29, 0.717) is 23.2 Å². The number of allylic oxidation sites excluding steroid dienone is 1. The number of ether oxygens (including phenoxy) is 2. The molecular formula is C40H58O4. The third-order valence-electron chi connectivity index (χ3n) is 14.8. The summed E-state index contributed by atoms with van der Waals surface area (Å²) < 4.78 is 11.5. The topological polar surface area (TPSA) is 55.8 Å². The van der Waals surface area contributed by atoms with Crippen LogP contribution in [0.15, 0.2) is 42.0 Å². The Hall–Kier alpha value is -2.07. The van der Waals surface area contributed by atoms with Crippen LogP contribution in [-0.4, -0.2) is 30.4 Å². The van der Waals surface area contributed by atoms with Gasteiger partial charge < -0.3 is 14.6 Å². The van der Waals surface area contributed by atoms with Crippen molar-refractivity contribution in [2.45, 2.75) is 125 Å². The summed E-state index contributed by atoms with van der Waals surface area (Å²) in [6.07, 6.45) is 15.6. The smallest absolute Gasteiger partial charge is 0.331 e. The molecule has 4 nitrogen and oxygen atoms in total. The molecule has 4 heteroatoms. The van der Waals surface area contributed by atoms with Crippen molar-refractivity contribution in [1.29, 1.82) is 0 Å². The minimum atomic E-state index is -0.299. The molecule has 242 valence electrons. The summed E-state index contributed by atoms with van der Waals surface area (Å²) in [6.45, 7) is 19.6. The molecule has 0 aliphatic heterocycles. The van der Waals surface area contributed by atoms with Crippen molar-refractivity contribution in [3.63, 3.8) is 0 Å². The molecule has 6 rings (SSSR count). The molecule has 0 bridgehead atoms. The standard InChI is InChI=1S/C40H58O4/c1-35(2)22-23-37(5)25-32(41)40(8)28(29(37)24-35)15-16-31-38(6)20-19-33(36(3,4)30(38)18-21-39(31,40)7)44-34(42)17-12-26-10-13-27(43-9)14-11-26/h10-15,17,29-33,41H,16,18-25H2,1-9H3. The van der Waals surface area contributed by atoms with Crippen LogP contribution in [0.3, 0.4) is 0 Å². The highest BCUT2D eigenvalue weighted by atomic mass is 16.5. The van der Waals surface area contributed by atoms with Gasteiger partial charge in [0.1, 0.15) is 11.9 Å². The fourth-order valence-electron chi connectivity index (χ4n) is 11.9. The highest BCUT2D eigenvalue weighted by Gasteiger charge is 2.70. The fourth-order valence-corrected chi connectivity index (χ4v) is 11.9. The number of carbonyl (C=O) groups excluding carboxylic acids is 1. The monoisotopic (exact) mass is 602 g/mol. The first-order valence-corrected chi connectivity index (χ1v) is 17.4. The lowest BCUT2D eigenvalue weighted by atomic mass is 9.33. The largest absolute Gasteiger partial charge is 0.497 e. The summed E-state index contributed by atoms with van der Waals surface area (Å²) in [7, 11) is 1.65. The van der Waals surface area contributed by atoms with Crippen molar-refractivity contribution in [3.05, 3.63) is 47.6 Å². The van der Waals surface area contributed by atoms with E-state index >= 15 is 0 Å². The summed E-state index contributed by atoms with van der Waals surface area (Å²) in [5.74, 6) is 2.07. The number of aliphatic hydroxyl groups excluding tert-OH is 1. The first-order chi connectivity index (χ1) is 20.5. The van der Waals surface area contributed by atoms with Gasteiger partial charge in [-0.25, -0.2) is 4.79 Å². The lowest BCUT2D eigenvalue weighted by molar-refractivity contribution is -0.227. The zero-order valence-electron chi connectivity index (χ0n) is 29.0. The van der Waals surface area contributed by atoms with E-state index < -0.39 is 0 Å². The molecule has 4 fully saturated rings. The van der Waals surface area contributed by atoms with Gasteiger partial charge in [-0.2, -0.15) is 0 Å². The van der Waals surface area contributed by atoms with E-state index in [1.165, 1.54) is 19.3 Å². The second kappa shape index (κ2) is 10.5. The van der Waals surface area contributed by atoms with Crippen LogP contribution in [0.4, 0.5) is 0 Å². The maximum Gasteiger partial charge on any atom is 0.331 e. The Kier molecular flexibility index (Phi) is 7.59. The van der Waals surface area contributed by atoms with Crippen LogP contribution in [0, 0.1) is 50.2 Å². The molecule has 0 aromatic heterocycles. The zero-order valence-corrected chi connectivity index (χ0v) is 29.0. The second-order valence-electron chi connectivity index (χ2n) is 17.9. The molecule has 0 amide bonds. The minimum absolute atomic E-state index is 0.0470. The van der Waals surface area contributed by atoms with Gasteiger partial charge in [-0.15, -0.1) is 0 Å². The van der Waals surface area contributed by atoms with E-state index in [1.807, 2.05) is 30.3 Å². The first kappa shape index (κ1) is 31.9. The number of fused-ring (bicyclic) bond motifs is 7. The molecule has 44 heavy (non-hydrogen) atoms. The number of hydrogen-bond acceptors (Lipinski definition) is 4. The molecule has 9 unspecified atom stereocenters. The highest BCUT2D eigenvalue weighted by molar-refractivity contribution is 5.87. The Bertz CT molecular complexity index is 1340. The normalized spacial score (nSPS) is 44.0. The molecular weight excluding hydrogens is 544 g/mol. The quantitative estimate of drug-likeness (QED) is 0.212. The Balaban J connectivity index is 1.25. The van der Waals surface area contributed by atoms with Crippen molar-refractivity contribution in [1.82, 2.24) is 0 Å². The second-order valence-corrected chi connectivity index (χ2v) is 17.9. The number of rotatable bonds is 4. The minimum Gasteiger partial charge on any atom is -0.497 e. The van der Waals surface area contributed by atoms with Gasteiger partial charge in [0.05, 0.1) is 13.2 Å². The van der Waals surface area contributed by atoms with E-state index in [4.69, 9.17) is 9.47 Å². The van der Waals surface area contributed by atoms with Crippen LogP contribution in [0.1, 0.15) is 119 Å².